The Morgan fingerprint density at radius 3 is 2.80 bits per heavy atom. The average molecular weight is 266 g/mol. The number of pyridine rings is 1. The van der Waals surface area contributed by atoms with Gasteiger partial charge in [-0.1, -0.05) is 0 Å². The van der Waals surface area contributed by atoms with E-state index in [-0.39, 0.29) is 6.10 Å². The van der Waals surface area contributed by atoms with Gasteiger partial charge in [-0.15, -0.1) is 0 Å². The Morgan fingerprint density at radius 1 is 1.27 bits per heavy atom. The predicted molar refractivity (Wildman–Crippen MR) is 65.2 cm³/mol. The van der Waals surface area contributed by atoms with Gasteiger partial charge in [0.2, 0.25) is 0 Å². The van der Waals surface area contributed by atoms with Crippen LogP contribution in [0.25, 0.3) is 10.8 Å². The van der Waals surface area contributed by atoms with Gasteiger partial charge < -0.3 is 4.74 Å². The minimum atomic E-state index is 0.202. The SMILES string of the molecule is CC(C)Oc1ccc2c(Br)nccc2c1. The molecule has 0 aliphatic carbocycles. The molecule has 2 aromatic rings. The molecule has 0 spiro atoms. The monoisotopic (exact) mass is 265 g/mol. The highest BCUT2D eigenvalue weighted by Gasteiger charge is 2.02. The number of rotatable bonds is 2. The quantitative estimate of drug-likeness (QED) is 0.771. The third-order valence-electron chi connectivity index (χ3n) is 2.06. The summed E-state index contributed by atoms with van der Waals surface area (Å²) in [6, 6.07) is 7.99. The highest BCUT2D eigenvalue weighted by atomic mass is 79.9. The zero-order valence-corrected chi connectivity index (χ0v) is 10.3. The summed E-state index contributed by atoms with van der Waals surface area (Å²) in [5.41, 5.74) is 0. The Morgan fingerprint density at radius 2 is 2.07 bits per heavy atom. The van der Waals surface area contributed by atoms with Crippen molar-refractivity contribution in [3.05, 3.63) is 35.1 Å². The van der Waals surface area contributed by atoms with Crippen LogP contribution in [0.2, 0.25) is 0 Å². The molecule has 1 aromatic carbocycles. The van der Waals surface area contributed by atoms with Crippen molar-refractivity contribution >= 4 is 26.7 Å². The molecule has 0 saturated carbocycles. The molecular formula is C12H12BrNO. The molecular weight excluding hydrogens is 254 g/mol. The maximum atomic E-state index is 5.63. The van der Waals surface area contributed by atoms with Crippen molar-refractivity contribution in [2.75, 3.05) is 0 Å². The van der Waals surface area contributed by atoms with Crippen LogP contribution in [0.5, 0.6) is 5.75 Å². The molecule has 0 bridgehead atoms. The molecule has 78 valence electrons. The number of fused-ring (bicyclic) bond motifs is 1. The van der Waals surface area contributed by atoms with E-state index in [1.165, 1.54) is 0 Å². The van der Waals surface area contributed by atoms with Gasteiger partial charge >= 0.3 is 0 Å². The number of hydrogen-bond acceptors (Lipinski definition) is 2. The third kappa shape index (κ3) is 2.29. The first-order chi connectivity index (χ1) is 7.16. The lowest BCUT2D eigenvalue weighted by Crippen LogP contribution is -2.05. The number of ether oxygens (including phenoxy) is 1. The minimum Gasteiger partial charge on any atom is -0.491 e. The van der Waals surface area contributed by atoms with Gasteiger partial charge in [-0.3, -0.25) is 0 Å². The summed E-state index contributed by atoms with van der Waals surface area (Å²) in [6.07, 6.45) is 1.98. The first kappa shape index (κ1) is 10.4. The highest BCUT2D eigenvalue weighted by Crippen LogP contribution is 2.25. The second-order valence-electron chi connectivity index (χ2n) is 3.65. The van der Waals surface area contributed by atoms with Gasteiger partial charge in [0.1, 0.15) is 10.4 Å². The molecule has 0 aliphatic heterocycles. The fraction of sp³-hybridized carbons (Fsp3) is 0.250. The van der Waals surface area contributed by atoms with Crippen molar-refractivity contribution in [2.45, 2.75) is 20.0 Å². The van der Waals surface area contributed by atoms with Crippen LogP contribution in [-0.4, -0.2) is 11.1 Å². The van der Waals surface area contributed by atoms with E-state index in [4.69, 9.17) is 4.74 Å². The molecule has 2 nitrogen and oxygen atoms in total. The van der Waals surface area contributed by atoms with Crippen molar-refractivity contribution in [1.29, 1.82) is 0 Å². The minimum absolute atomic E-state index is 0.202. The summed E-state index contributed by atoms with van der Waals surface area (Å²) in [5, 5.41) is 2.24. The fourth-order valence-electron chi connectivity index (χ4n) is 1.46. The normalized spacial score (nSPS) is 10.9. The smallest absolute Gasteiger partial charge is 0.120 e. The van der Waals surface area contributed by atoms with E-state index >= 15 is 0 Å². The summed E-state index contributed by atoms with van der Waals surface area (Å²) in [4.78, 5) is 4.17. The van der Waals surface area contributed by atoms with E-state index < -0.39 is 0 Å². The zero-order chi connectivity index (χ0) is 10.8. The first-order valence-corrected chi connectivity index (χ1v) is 5.67. The molecule has 0 saturated heterocycles. The number of nitrogens with zero attached hydrogens (tertiary/aromatic N) is 1. The largest absolute Gasteiger partial charge is 0.491 e. The topological polar surface area (TPSA) is 22.1 Å². The van der Waals surface area contributed by atoms with Crippen LogP contribution >= 0.6 is 15.9 Å². The van der Waals surface area contributed by atoms with Crippen LogP contribution < -0.4 is 4.74 Å². The molecule has 0 fully saturated rings. The van der Waals surface area contributed by atoms with E-state index in [0.717, 1.165) is 21.1 Å². The number of benzene rings is 1. The Bertz CT molecular complexity index is 482. The van der Waals surface area contributed by atoms with Crippen molar-refractivity contribution < 1.29 is 4.74 Å². The van der Waals surface area contributed by atoms with E-state index in [9.17, 15) is 0 Å². The number of hydrogen-bond donors (Lipinski definition) is 0. The van der Waals surface area contributed by atoms with Crippen molar-refractivity contribution in [2.24, 2.45) is 0 Å². The lowest BCUT2D eigenvalue weighted by Gasteiger charge is -2.10. The van der Waals surface area contributed by atoms with Crippen molar-refractivity contribution in [1.82, 2.24) is 4.98 Å². The lowest BCUT2D eigenvalue weighted by atomic mass is 10.2. The second kappa shape index (κ2) is 4.19. The van der Waals surface area contributed by atoms with Crippen molar-refractivity contribution in [3.63, 3.8) is 0 Å². The lowest BCUT2D eigenvalue weighted by molar-refractivity contribution is 0.243. The molecule has 1 heterocycles. The predicted octanol–water partition coefficient (Wildman–Crippen LogP) is 3.78. The van der Waals surface area contributed by atoms with Crippen LogP contribution in [0, 0.1) is 0 Å². The molecule has 0 atom stereocenters. The van der Waals surface area contributed by atoms with Gasteiger partial charge in [-0.25, -0.2) is 4.98 Å². The van der Waals surface area contributed by atoms with Crippen LogP contribution in [-0.2, 0) is 0 Å². The summed E-state index contributed by atoms with van der Waals surface area (Å²) >= 11 is 3.42. The Labute approximate surface area is 97.4 Å². The Balaban J connectivity index is 2.48. The Hall–Kier alpha value is -1.09. The maximum Gasteiger partial charge on any atom is 0.120 e. The van der Waals surface area contributed by atoms with Gasteiger partial charge in [0.05, 0.1) is 6.10 Å². The summed E-state index contributed by atoms with van der Waals surface area (Å²) in [5.74, 6) is 0.899. The van der Waals surface area contributed by atoms with E-state index in [1.807, 2.05) is 38.1 Å². The molecule has 0 amide bonds. The second-order valence-corrected chi connectivity index (χ2v) is 4.40. The Kier molecular flexibility index (Phi) is 2.91. The van der Waals surface area contributed by atoms with Crippen LogP contribution in [0.15, 0.2) is 35.1 Å². The molecule has 0 unspecified atom stereocenters. The molecule has 0 aliphatic rings. The van der Waals surface area contributed by atoms with Crippen molar-refractivity contribution in [3.8, 4) is 5.75 Å². The average Bonchev–Trinajstić information content (AvgIpc) is 2.17. The summed E-state index contributed by atoms with van der Waals surface area (Å²) in [6.45, 7) is 4.04. The zero-order valence-electron chi connectivity index (χ0n) is 8.70. The van der Waals surface area contributed by atoms with Gasteiger partial charge in [0, 0.05) is 11.6 Å². The van der Waals surface area contributed by atoms with Gasteiger partial charge in [-0.2, -0.15) is 0 Å². The van der Waals surface area contributed by atoms with Gasteiger partial charge in [0.15, 0.2) is 0 Å². The van der Waals surface area contributed by atoms with Gasteiger partial charge in [0.25, 0.3) is 0 Å². The number of halogens is 1. The third-order valence-corrected chi connectivity index (χ3v) is 2.69. The molecule has 0 radical (unpaired) electrons. The number of aromatic nitrogens is 1. The van der Waals surface area contributed by atoms with E-state index in [1.54, 1.807) is 6.20 Å². The molecule has 2 rings (SSSR count). The molecule has 1 aromatic heterocycles. The molecule has 0 N–H and O–H groups in total. The van der Waals surface area contributed by atoms with E-state index in [2.05, 4.69) is 20.9 Å². The van der Waals surface area contributed by atoms with Crippen LogP contribution in [0.1, 0.15) is 13.8 Å². The summed E-state index contributed by atoms with van der Waals surface area (Å²) in [7, 11) is 0. The highest BCUT2D eigenvalue weighted by molar-refractivity contribution is 9.10. The maximum absolute atomic E-state index is 5.63. The molecule has 3 heteroatoms. The fourth-order valence-corrected chi connectivity index (χ4v) is 1.94. The first-order valence-electron chi connectivity index (χ1n) is 4.88. The van der Waals surface area contributed by atoms with Crippen LogP contribution in [0.3, 0.4) is 0 Å². The molecule has 15 heavy (non-hydrogen) atoms. The summed E-state index contributed by atoms with van der Waals surface area (Å²) < 4.78 is 6.50. The van der Waals surface area contributed by atoms with Crippen LogP contribution in [0.4, 0.5) is 0 Å². The van der Waals surface area contributed by atoms with Gasteiger partial charge in [-0.05, 0) is 59.4 Å². The standard InChI is InChI=1S/C12H12BrNO/c1-8(2)15-10-3-4-11-9(7-10)5-6-14-12(11)13/h3-8H,1-2H3. The van der Waals surface area contributed by atoms with E-state index in [0.29, 0.717) is 0 Å².